The number of anilines is 1. The Hall–Kier alpha value is -2.38. The van der Waals surface area contributed by atoms with Gasteiger partial charge in [0.25, 0.3) is 0 Å². The van der Waals surface area contributed by atoms with Gasteiger partial charge in [0.1, 0.15) is 11.5 Å². The third-order valence-corrected chi connectivity index (χ3v) is 4.91. The summed E-state index contributed by atoms with van der Waals surface area (Å²) in [5, 5.41) is 1.06. The Labute approximate surface area is 155 Å². The number of hydrogen-bond acceptors (Lipinski definition) is 7. The van der Waals surface area contributed by atoms with E-state index in [1.807, 2.05) is 43.3 Å². The molecule has 8 heteroatoms. The molecule has 0 aliphatic heterocycles. The van der Waals surface area contributed by atoms with Gasteiger partial charge in [-0.05, 0) is 29.8 Å². The standard InChI is InChI=1S/C17H17ClN4O2S/c1-22(2)17-21-14(10-7-11(23-3)9-12(8-10)24-4)15(25-17)13-5-6-19-16(18)20-13/h5-9H,1-4H3. The lowest BCUT2D eigenvalue weighted by molar-refractivity contribution is 0.394. The number of hydrogen-bond donors (Lipinski definition) is 0. The highest BCUT2D eigenvalue weighted by Gasteiger charge is 2.19. The van der Waals surface area contributed by atoms with Crippen molar-refractivity contribution in [3.05, 3.63) is 35.7 Å². The zero-order chi connectivity index (χ0) is 18.0. The quantitative estimate of drug-likeness (QED) is 0.627. The highest BCUT2D eigenvalue weighted by Crippen LogP contribution is 2.41. The molecule has 0 atom stereocenters. The molecule has 2 aromatic heterocycles. The van der Waals surface area contributed by atoms with Gasteiger partial charge in [-0.15, -0.1) is 0 Å². The van der Waals surface area contributed by atoms with Gasteiger partial charge in [0.15, 0.2) is 5.13 Å². The van der Waals surface area contributed by atoms with Crippen LogP contribution in [0.3, 0.4) is 0 Å². The molecule has 0 unspecified atom stereocenters. The molecule has 0 bridgehead atoms. The molecule has 0 spiro atoms. The lowest BCUT2D eigenvalue weighted by atomic mass is 10.1. The van der Waals surface area contributed by atoms with E-state index >= 15 is 0 Å². The van der Waals surface area contributed by atoms with Gasteiger partial charge in [0.05, 0.1) is 30.5 Å². The molecule has 0 saturated carbocycles. The minimum Gasteiger partial charge on any atom is -0.497 e. The molecule has 0 N–H and O–H groups in total. The first-order valence-corrected chi connectivity index (χ1v) is 8.61. The van der Waals surface area contributed by atoms with Gasteiger partial charge in [-0.1, -0.05) is 11.3 Å². The number of ether oxygens (including phenoxy) is 2. The molecular weight excluding hydrogens is 360 g/mol. The molecule has 2 heterocycles. The Morgan fingerprint density at radius 1 is 1.04 bits per heavy atom. The Balaban J connectivity index is 2.21. The summed E-state index contributed by atoms with van der Waals surface area (Å²) in [5.41, 5.74) is 2.40. The zero-order valence-corrected chi connectivity index (χ0v) is 15.9. The van der Waals surface area contributed by atoms with Crippen molar-refractivity contribution in [3.63, 3.8) is 0 Å². The summed E-state index contributed by atoms with van der Waals surface area (Å²) in [6.45, 7) is 0. The molecule has 0 saturated heterocycles. The lowest BCUT2D eigenvalue weighted by Gasteiger charge is -2.08. The molecule has 0 radical (unpaired) electrons. The molecule has 3 aromatic rings. The van der Waals surface area contributed by atoms with Crippen LogP contribution in [0.15, 0.2) is 30.5 Å². The number of aromatic nitrogens is 3. The van der Waals surface area contributed by atoms with Crippen molar-refractivity contribution in [2.45, 2.75) is 0 Å². The van der Waals surface area contributed by atoms with E-state index in [1.54, 1.807) is 20.4 Å². The van der Waals surface area contributed by atoms with Gasteiger partial charge in [0.2, 0.25) is 5.28 Å². The van der Waals surface area contributed by atoms with E-state index in [1.165, 1.54) is 11.3 Å². The molecule has 3 rings (SSSR count). The largest absolute Gasteiger partial charge is 0.497 e. The van der Waals surface area contributed by atoms with E-state index in [9.17, 15) is 0 Å². The molecule has 25 heavy (non-hydrogen) atoms. The van der Waals surface area contributed by atoms with Crippen LogP contribution >= 0.6 is 22.9 Å². The maximum Gasteiger partial charge on any atom is 0.222 e. The van der Waals surface area contributed by atoms with Gasteiger partial charge in [0, 0.05) is 31.9 Å². The fraction of sp³-hybridized carbons (Fsp3) is 0.235. The number of methoxy groups -OCH3 is 2. The summed E-state index contributed by atoms with van der Waals surface area (Å²) >= 11 is 7.50. The number of halogens is 1. The average Bonchev–Trinajstić information content (AvgIpc) is 3.07. The van der Waals surface area contributed by atoms with Crippen molar-refractivity contribution in [3.8, 4) is 33.3 Å². The second-order valence-corrected chi connectivity index (χ2v) is 6.70. The maximum absolute atomic E-state index is 5.97. The highest BCUT2D eigenvalue weighted by atomic mass is 35.5. The van der Waals surface area contributed by atoms with E-state index in [2.05, 4.69) is 9.97 Å². The third kappa shape index (κ3) is 3.67. The van der Waals surface area contributed by atoms with Crippen LogP contribution in [-0.2, 0) is 0 Å². The van der Waals surface area contributed by atoms with Crippen molar-refractivity contribution in [1.29, 1.82) is 0 Å². The molecule has 0 fully saturated rings. The molecule has 0 aliphatic carbocycles. The number of thiazole rings is 1. The van der Waals surface area contributed by atoms with Gasteiger partial charge in [-0.25, -0.2) is 15.0 Å². The van der Waals surface area contributed by atoms with E-state index < -0.39 is 0 Å². The van der Waals surface area contributed by atoms with E-state index in [0.29, 0.717) is 11.5 Å². The highest BCUT2D eigenvalue weighted by molar-refractivity contribution is 7.19. The fourth-order valence-electron chi connectivity index (χ4n) is 2.27. The summed E-state index contributed by atoms with van der Waals surface area (Å²) in [6, 6.07) is 7.48. The molecular formula is C17H17ClN4O2S. The smallest absolute Gasteiger partial charge is 0.222 e. The maximum atomic E-state index is 5.97. The Morgan fingerprint density at radius 3 is 2.28 bits per heavy atom. The van der Waals surface area contributed by atoms with Crippen LogP contribution in [0.2, 0.25) is 5.28 Å². The Morgan fingerprint density at radius 2 is 1.72 bits per heavy atom. The first kappa shape index (κ1) is 17.4. The molecule has 0 amide bonds. The summed E-state index contributed by atoms with van der Waals surface area (Å²) in [5.74, 6) is 1.39. The predicted molar refractivity (Wildman–Crippen MR) is 101 cm³/mol. The molecule has 130 valence electrons. The Kier molecular flexibility index (Phi) is 5.06. The average molecular weight is 377 g/mol. The fourth-order valence-corrected chi connectivity index (χ4v) is 3.40. The van der Waals surface area contributed by atoms with E-state index in [0.717, 1.165) is 27.0 Å². The first-order chi connectivity index (χ1) is 12.0. The minimum absolute atomic E-state index is 0.200. The molecule has 6 nitrogen and oxygen atoms in total. The number of benzene rings is 1. The van der Waals surface area contributed by atoms with Gasteiger partial charge in [-0.2, -0.15) is 0 Å². The number of rotatable bonds is 5. The van der Waals surface area contributed by atoms with E-state index in [-0.39, 0.29) is 5.28 Å². The summed E-state index contributed by atoms with van der Waals surface area (Å²) in [7, 11) is 7.14. The second-order valence-electron chi connectivity index (χ2n) is 5.38. The SMILES string of the molecule is COc1cc(OC)cc(-c2nc(N(C)C)sc2-c2ccnc(Cl)n2)c1. The third-order valence-electron chi connectivity index (χ3n) is 3.48. The summed E-state index contributed by atoms with van der Waals surface area (Å²) in [4.78, 5) is 15.9. The topological polar surface area (TPSA) is 60.4 Å². The lowest BCUT2D eigenvalue weighted by Crippen LogP contribution is -2.07. The molecule has 1 aromatic carbocycles. The van der Waals surface area contributed by atoms with Gasteiger partial charge in [-0.3, -0.25) is 0 Å². The Bertz CT molecular complexity index is 876. The van der Waals surface area contributed by atoms with Crippen molar-refractivity contribution in [2.75, 3.05) is 33.2 Å². The van der Waals surface area contributed by atoms with Crippen LogP contribution in [0.4, 0.5) is 5.13 Å². The zero-order valence-electron chi connectivity index (χ0n) is 14.3. The monoisotopic (exact) mass is 376 g/mol. The summed E-state index contributed by atoms with van der Waals surface area (Å²) in [6.07, 6.45) is 1.63. The van der Waals surface area contributed by atoms with Gasteiger partial charge >= 0.3 is 0 Å². The first-order valence-electron chi connectivity index (χ1n) is 7.42. The van der Waals surface area contributed by atoms with Crippen LogP contribution in [-0.4, -0.2) is 43.3 Å². The van der Waals surface area contributed by atoms with Crippen LogP contribution in [0, 0.1) is 0 Å². The number of nitrogens with zero attached hydrogens (tertiary/aromatic N) is 4. The second kappa shape index (κ2) is 7.25. The van der Waals surface area contributed by atoms with Crippen LogP contribution in [0.25, 0.3) is 21.8 Å². The van der Waals surface area contributed by atoms with Crippen molar-refractivity contribution in [1.82, 2.24) is 15.0 Å². The van der Waals surface area contributed by atoms with Gasteiger partial charge < -0.3 is 14.4 Å². The van der Waals surface area contributed by atoms with Crippen LogP contribution < -0.4 is 14.4 Å². The predicted octanol–water partition coefficient (Wildman–Crippen LogP) is 4.00. The van der Waals surface area contributed by atoms with E-state index in [4.69, 9.17) is 26.1 Å². The normalized spacial score (nSPS) is 10.6. The molecule has 0 aliphatic rings. The van der Waals surface area contributed by atoms with Crippen LogP contribution in [0.5, 0.6) is 11.5 Å². The minimum atomic E-state index is 0.200. The van der Waals surface area contributed by atoms with Crippen LogP contribution in [0.1, 0.15) is 0 Å². The van der Waals surface area contributed by atoms with Crippen molar-refractivity contribution >= 4 is 28.1 Å². The van der Waals surface area contributed by atoms with Crippen molar-refractivity contribution in [2.24, 2.45) is 0 Å². The van der Waals surface area contributed by atoms with Crippen molar-refractivity contribution < 1.29 is 9.47 Å². The summed E-state index contributed by atoms with van der Waals surface area (Å²) < 4.78 is 10.8.